The first-order valence-electron chi connectivity index (χ1n) is 12.8. The number of hydrogen-bond donors (Lipinski definition) is 1. The van der Waals surface area contributed by atoms with E-state index >= 15 is 0 Å². The van der Waals surface area contributed by atoms with Crippen LogP contribution in [0.1, 0.15) is 56.9 Å². The van der Waals surface area contributed by atoms with Crippen LogP contribution in [0.5, 0.6) is 0 Å². The van der Waals surface area contributed by atoms with Crippen molar-refractivity contribution in [2.75, 3.05) is 23.4 Å². The van der Waals surface area contributed by atoms with Gasteiger partial charge < -0.3 is 14.8 Å². The highest BCUT2D eigenvalue weighted by molar-refractivity contribution is 6.00. The maximum absolute atomic E-state index is 13.2. The number of carbonyl (C=O) groups is 2. The van der Waals surface area contributed by atoms with Gasteiger partial charge in [0.1, 0.15) is 17.1 Å². The normalized spacial score (nSPS) is 15.9. The summed E-state index contributed by atoms with van der Waals surface area (Å²) < 4.78 is 11.0. The average molecular weight is 539 g/mol. The molecule has 204 valence electrons. The molecular weight excluding hydrogens is 508 g/mol. The number of fused-ring (bicyclic) bond motifs is 1. The number of aromatic nitrogens is 2. The number of carbonyl (C=O) groups excluding carboxylic acids is 2. The lowest BCUT2D eigenvalue weighted by Gasteiger charge is -2.26. The molecule has 0 fully saturated rings. The van der Waals surface area contributed by atoms with E-state index in [4.69, 9.17) is 9.47 Å². The molecule has 1 N–H and O–H groups in total. The Bertz CT molecular complexity index is 1580. The number of amides is 1. The van der Waals surface area contributed by atoms with Crippen LogP contribution in [0.25, 0.3) is 11.3 Å². The molecule has 2 heterocycles. The summed E-state index contributed by atoms with van der Waals surface area (Å²) in [5.74, 6) is -0.223. The SMILES string of the molecule is CCOC(=O)[C@@]1(C)CN(C(=O)OC(C)(C)C)c2c(C#N)cc(-c3ccnc(Nc4cc(C#N)ccc4C)n3)cc21. The monoisotopic (exact) mass is 538 g/mol. The lowest BCUT2D eigenvalue weighted by molar-refractivity contribution is -0.148. The van der Waals surface area contributed by atoms with Gasteiger partial charge >= 0.3 is 12.1 Å². The van der Waals surface area contributed by atoms with Gasteiger partial charge in [0.2, 0.25) is 5.95 Å². The van der Waals surface area contributed by atoms with Gasteiger partial charge in [-0.3, -0.25) is 9.69 Å². The number of anilines is 3. The van der Waals surface area contributed by atoms with E-state index in [2.05, 4.69) is 27.4 Å². The highest BCUT2D eigenvalue weighted by Gasteiger charge is 2.50. The Hall–Kier alpha value is -4.96. The molecule has 3 aromatic rings. The van der Waals surface area contributed by atoms with Gasteiger partial charge in [0.25, 0.3) is 0 Å². The molecule has 0 spiro atoms. The van der Waals surface area contributed by atoms with Crippen LogP contribution in [-0.4, -0.2) is 40.8 Å². The fourth-order valence-electron chi connectivity index (χ4n) is 4.52. The van der Waals surface area contributed by atoms with Crippen molar-refractivity contribution in [3.05, 3.63) is 64.8 Å². The summed E-state index contributed by atoms with van der Waals surface area (Å²) in [5.41, 5.74) is 2.10. The molecule has 1 amide bonds. The molecule has 1 aromatic heterocycles. The zero-order chi connectivity index (χ0) is 29.2. The summed E-state index contributed by atoms with van der Waals surface area (Å²) in [4.78, 5) is 36.7. The van der Waals surface area contributed by atoms with Crippen LogP contribution in [0.2, 0.25) is 0 Å². The Kier molecular flexibility index (Phi) is 7.48. The predicted octanol–water partition coefficient (Wildman–Crippen LogP) is 5.51. The summed E-state index contributed by atoms with van der Waals surface area (Å²) in [6.45, 7) is 10.7. The second kappa shape index (κ2) is 10.7. The van der Waals surface area contributed by atoms with Crippen molar-refractivity contribution in [1.82, 2.24) is 9.97 Å². The van der Waals surface area contributed by atoms with Gasteiger partial charge in [-0.1, -0.05) is 6.07 Å². The molecule has 10 nitrogen and oxygen atoms in total. The highest BCUT2D eigenvalue weighted by Crippen LogP contribution is 2.46. The van der Waals surface area contributed by atoms with E-state index < -0.39 is 23.1 Å². The van der Waals surface area contributed by atoms with Gasteiger partial charge in [-0.15, -0.1) is 0 Å². The molecule has 0 aliphatic carbocycles. The number of nitriles is 2. The van der Waals surface area contributed by atoms with E-state index in [0.29, 0.717) is 39.7 Å². The third kappa shape index (κ3) is 5.43. The van der Waals surface area contributed by atoms with E-state index in [1.165, 1.54) is 4.90 Å². The van der Waals surface area contributed by atoms with Crippen molar-refractivity contribution in [1.29, 1.82) is 10.5 Å². The van der Waals surface area contributed by atoms with E-state index in [1.54, 1.807) is 71.1 Å². The van der Waals surface area contributed by atoms with Gasteiger partial charge in [-0.2, -0.15) is 10.5 Å². The van der Waals surface area contributed by atoms with Gasteiger partial charge in [-0.25, -0.2) is 14.8 Å². The van der Waals surface area contributed by atoms with Crippen LogP contribution < -0.4 is 10.2 Å². The second-order valence-electron chi connectivity index (χ2n) is 10.7. The average Bonchev–Trinajstić information content (AvgIpc) is 3.23. The zero-order valence-electron chi connectivity index (χ0n) is 23.3. The van der Waals surface area contributed by atoms with Crippen molar-refractivity contribution in [2.45, 2.75) is 52.6 Å². The van der Waals surface area contributed by atoms with Crippen LogP contribution in [0.15, 0.2) is 42.6 Å². The molecule has 1 aliphatic heterocycles. The number of ether oxygens (including phenoxy) is 2. The second-order valence-corrected chi connectivity index (χ2v) is 10.7. The lowest BCUT2D eigenvalue weighted by Crippen LogP contribution is -2.43. The number of benzene rings is 2. The molecule has 0 saturated carbocycles. The number of nitrogens with one attached hydrogen (secondary N) is 1. The molecule has 1 aliphatic rings. The number of rotatable bonds is 5. The van der Waals surface area contributed by atoms with Gasteiger partial charge in [0.15, 0.2) is 0 Å². The summed E-state index contributed by atoms with van der Waals surface area (Å²) >= 11 is 0. The molecule has 4 rings (SSSR count). The molecule has 40 heavy (non-hydrogen) atoms. The number of nitrogens with zero attached hydrogens (tertiary/aromatic N) is 5. The highest BCUT2D eigenvalue weighted by atomic mass is 16.6. The Balaban J connectivity index is 1.82. The third-order valence-corrected chi connectivity index (χ3v) is 6.47. The van der Waals surface area contributed by atoms with E-state index in [1.807, 2.05) is 13.0 Å². The first-order chi connectivity index (χ1) is 18.9. The molecule has 0 radical (unpaired) electrons. The molecule has 10 heteroatoms. The van der Waals surface area contributed by atoms with Crippen LogP contribution in [0, 0.1) is 29.6 Å². The van der Waals surface area contributed by atoms with Crippen molar-refractivity contribution < 1.29 is 19.1 Å². The maximum Gasteiger partial charge on any atom is 0.414 e. The Labute approximate surface area is 233 Å². The first kappa shape index (κ1) is 28.1. The lowest BCUT2D eigenvalue weighted by atomic mass is 9.82. The third-order valence-electron chi connectivity index (χ3n) is 6.47. The summed E-state index contributed by atoms with van der Waals surface area (Å²) in [6.07, 6.45) is 0.917. The van der Waals surface area contributed by atoms with Gasteiger partial charge in [0, 0.05) is 24.0 Å². The fraction of sp³-hybridized carbons (Fsp3) is 0.333. The fourth-order valence-corrected chi connectivity index (χ4v) is 4.52. The predicted molar refractivity (Wildman–Crippen MR) is 149 cm³/mol. The Morgan fingerprint density at radius 1 is 1.15 bits per heavy atom. The van der Waals surface area contributed by atoms with Crippen LogP contribution >= 0.6 is 0 Å². The minimum absolute atomic E-state index is 0.0424. The number of aryl methyl sites for hydroxylation is 1. The van der Waals surface area contributed by atoms with Crippen molar-refractivity contribution >= 4 is 29.4 Å². The van der Waals surface area contributed by atoms with Crippen LogP contribution in [-0.2, 0) is 19.7 Å². The first-order valence-corrected chi connectivity index (χ1v) is 12.8. The zero-order valence-corrected chi connectivity index (χ0v) is 23.3. The molecule has 2 aromatic carbocycles. The van der Waals surface area contributed by atoms with Gasteiger partial charge in [-0.05, 0) is 83.0 Å². The summed E-state index contributed by atoms with van der Waals surface area (Å²) in [6, 6.07) is 14.6. The van der Waals surface area contributed by atoms with Crippen molar-refractivity contribution in [2.24, 2.45) is 0 Å². The maximum atomic E-state index is 13.2. The largest absolute Gasteiger partial charge is 0.465 e. The molecular formula is C30H30N6O4. The van der Waals surface area contributed by atoms with Crippen molar-refractivity contribution in [3.8, 4) is 23.4 Å². The molecule has 1 atom stereocenters. The number of hydrogen-bond acceptors (Lipinski definition) is 9. The van der Waals surface area contributed by atoms with E-state index in [-0.39, 0.29) is 18.7 Å². The quantitative estimate of drug-likeness (QED) is 0.416. The minimum Gasteiger partial charge on any atom is -0.465 e. The van der Waals surface area contributed by atoms with Gasteiger partial charge in [0.05, 0.1) is 35.2 Å². The summed E-state index contributed by atoms with van der Waals surface area (Å²) in [7, 11) is 0. The molecule has 0 unspecified atom stereocenters. The van der Waals surface area contributed by atoms with Crippen LogP contribution in [0.4, 0.5) is 22.1 Å². The standard InChI is InChI=1S/C30H30N6O4/c1-7-39-26(37)30(6)17-36(28(38)40-29(3,4)5)25-21(16-32)13-20(14-22(25)30)23-10-11-33-27(34-23)35-24-12-19(15-31)9-8-18(24)2/h8-14H,7,17H2,1-6H3,(H,33,34,35)/t30-/m0/s1. The number of esters is 1. The summed E-state index contributed by atoms with van der Waals surface area (Å²) in [5, 5.41) is 22.5. The topological polar surface area (TPSA) is 141 Å². The molecule has 0 saturated heterocycles. The minimum atomic E-state index is -1.24. The smallest absolute Gasteiger partial charge is 0.414 e. The Morgan fingerprint density at radius 2 is 1.90 bits per heavy atom. The van der Waals surface area contributed by atoms with Crippen LogP contribution in [0.3, 0.4) is 0 Å². The van der Waals surface area contributed by atoms with E-state index in [9.17, 15) is 20.1 Å². The van der Waals surface area contributed by atoms with Crippen molar-refractivity contribution in [3.63, 3.8) is 0 Å². The Morgan fingerprint density at radius 3 is 2.55 bits per heavy atom. The molecule has 0 bridgehead atoms. The van der Waals surface area contributed by atoms with E-state index in [0.717, 1.165) is 5.56 Å².